The zero-order chi connectivity index (χ0) is 61.4. The predicted molar refractivity (Wildman–Crippen MR) is 348 cm³/mol. The van der Waals surface area contributed by atoms with Gasteiger partial charge in [-0.2, -0.15) is 0 Å². The maximum atomic E-state index is 12.7. The van der Waals surface area contributed by atoms with Crippen molar-refractivity contribution in [3.8, 4) is 23.0 Å². The number of aryl methyl sites for hydroxylation is 4. The monoisotopic (exact) mass is 1190 g/mol. The molecule has 0 spiro atoms. The number of rotatable bonds is 48. The van der Waals surface area contributed by atoms with Crippen molar-refractivity contribution >= 4 is 11.9 Å². The van der Waals surface area contributed by atoms with E-state index in [0.717, 1.165) is 133 Å². The second-order valence-electron chi connectivity index (χ2n) is 24.0. The smallest absolute Gasteiger partial charge is 0.341 e. The standard InChI is InChI=1S/C74H112O12/c1-7-11-15-19-23-27-31-57-43-61-51-65-47-59(33-29-25-21-17-13-9-3)49-67(73(65)85-55-69(75)76)53-63-45-58(32-28-24-20-16-12-8-2)46-64(72(63)84-42-40-82-38-36-80-6)54-68-50-60(34-30-26-22-18-14-10-4)48-66(74(68)86-56-70(77)78)52-62(44-57)71(61)83-41-39-81-37-35-79-5/h43-50H,7-42,51-56H2,1-6H3,(H,75,76)(H,77,78). The summed E-state index contributed by atoms with van der Waals surface area (Å²) in [6.07, 6.45) is 33.2. The lowest BCUT2D eigenvalue weighted by atomic mass is 9.86. The fourth-order valence-corrected chi connectivity index (χ4v) is 12.1. The third kappa shape index (κ3) is 27.1. The molecule has 0 atom stereocenters. The molecule has 2 N–H and O–H groups in total. The average molecular weight is 1190 g/mol. The highest BCUT2D eigenvalue weighted by Crippen LogP contribution is 2.42. The Kier molecular flexibility index (Phi) is 36.2. The van der Waals surface area contributed by atoms with Crippen LogP contribution in [0.3, 0.4) is 0 Å². The molecular formula is C74H112O12. The summed E-state index contributed by atoms with van der Waals surface area (Å²) in [5.41, 5.74) is 12.3. The normalized spacial score (nSPS) is 12.2. The van der Waals surface area contributed by atoms with Crippen LogP contribution in [0, 0.1) is 0 Å². The minimum Gasteiger partial charge on any atom is -0.491 e. The van der Waals surface area contributed by atoms with E-state index in [2.05, 4.69) is 76.2 Å². The van der Waals surface area contributed by atoms with Crippen molar-refractivity contribution in [3.05, 3.63) is 115 Å². The van der Waals surface area contributed by atoms with Crippen molar-refractivity contribution in [2.75, 3.05) is 80.3 Å². The summed E-state index contributed by atoms with van der Waals surface area (Å²) in [7, 11) is 3.33. The largest absolute Gasteiger partial charge is 0.491 e. The lowest BCUT2D eigenvalue weighted by Crippen LogP contribution is -2.16. The predicted octanol–water partition coefficient (Wildman–Crippen LogP) is 17.0. The van der Waals surface area contributed by atoms with Gasteiger partial charge in [0, 0.05) is 39.9 Å². The maximum absolute atomic E-state index is 12.7. The van der Waals surface area contributed by atoms with E-state index in [1.165, 1.54) is 125 Å². The Morgan fingerprint density at radius 1 is 0.314 bits per heavy atom. The highest BCUT2D eigenvalue weighted by atomic mass is 16.5. The molecule has 8 bridgehead atoms. The SMILES string of the molecule is CCCCCCCCc1cc2c(OCCOCCOC)c(c1)Cc1cc(CCCCCCCC)cc(c1OCC(=O)O)Cc1cc(CCCCCCCC)cc(c1OCCOCCOC)Cc1cc(CCCCCCCC)cc(c1OCC(=O)O)C2. The molecule has 0 aliphatic heterocycles. The first-order valence-electron chi connectivity index (χ1n) is 33.8. The molecule has 5 rings (SSSR count). The fraction of sp³-hybridized carbons (Fsp3) is 0.649. The molecule has 1 aliphatic carbocycles. The van der Waals surface area contributed by atoms with Crippen molar-refractivity contribution in [1.82, 2.24) is 0 Å². The zero-order valence-corrected chi connectivity index (χ0v) is 54.3. The Morgan fingerprint density at radius 3 is 0.767 bits per heavy atom. The number of aliphatic carboxylic acids is 2. The number of unbranched alkanes of at least 4 members (excludes halogenated alkanes) is 20. The summed E-state index contributed by atoms with van der Waals surface area (Å²) in [4.78, 5) is 25.4. The first kappa shape index (κ1) is 71.6. The van der Waals surface area contributed by atoms with Crippen LogP contribution in [0.1, 0.15) is 249 Å². The van der Waals surface area contributed by atoms with Gasteiger partial charge in [-0.1, -0.05) is 205 Å². The van der Waals surface area contributed by atoms with Crippen LogP contribution in [0.15, 0.2) is 48.5 Å². The number of hydrogen-bond donors (Lipinski definition) is 2. The van der Waals surface area contributed by atoms with Gasteiger partial charge in [-0.3, -0.25) is 0 Å². The molecule has 0 radical (unpaired) electrons. The van der Waals surface area contributed by atoms with Gasteiger partial charge >= 0.3 is 11.9 Å². The molecule has 0 fully saturated rings. The quantitative estimate of drug-likeness (QED) is 0.0357. The van der Waals surface area contributed by atoms with Gasteiger partial charge < -0.3 is 48.1 Å². The third-order valence-corrected chi connectivity index (χ3v) is 16.5. The molecule has 86 heavy (non-hydrogen) atoms. The number of fused-ring (bicyclic) bond motifs is 8. The van der Waals surface area contributed by atoms with Crippen LogP contribution in [-0.4, -0.2) is 102 Å². The number of benzene rings is 4. The van der Waals surface area contributed by atoms with Crippen LogP contribution < -0.4 is 18.9 Å². The third-order valence-electron chi connectivity index (χ3n) is 16.5. The van der Waals surface area contributed by atoms with Gasteiger partial charge in [-0.25, -0.2) is 9.59 Å². The van der Waals surface area contributed by atoms with Gasteiger partial charge in [-0.15, -0.1) is 0 Å². The van der Waals surface area contributed by atoms with Crippen LogP contribution in [-0.2, 0) is 79.9 Å². The van der Waals surface area contributed by atoms with E-state index in [1.807, 2.05) is 0 Å². The van der Waals surface area contributed by atoms with Crippen molar-refractivity contribution in [2.24, 2.45) is 0 Å². The summed E-state index contributed by atoms with van der Waals surface area (Å²) < 4.78 is 50.0. The number of carboxylic acids is 2. The highest BCUT2D eigenvalue weighted by molar-refractivity contribution is 5.69. The summed E-state index contributed by atoms with van der Waals surface area (Å²) in [6, 6.07) is 18.3. The Balaban J connectivity index is 1.87. The molecule has 480 valence electrons. The molecule has 12 heteroatoms. The van der Waals surface area contributed by atoms with E-state index >= 15 is 0 Å². The molecule has 12 nitrogen and oxygen atoms in total. The molecule has 0 amide bonds. The van der Waals surface area contributed by atoms with Crippen LogP contribution in [0.2, 0.25) is 0 Å². The molecule has 0 aromatic heterocycles. The zero-order valence-electron chi connectivity index (χ0n) is 54.3. The Bertz CT molecular complexity index is 2270. The molecule has 4 aromatic carbocycles. The Hall–Kier alpha value is -5.14. The fourth-order valence-electron chi connectivity index (χ4n) is 12.1. The highest BCUT2D eigenvalue weighted by Gasteiger charge is 2.26. The first-order valence-corrected chi connectivity index (χ1v) is 33.8. The molecule has 4 aromatic rings. The van der Waals surface area contributed by atoms with E-state index in [1.54, 1.807) is 14.2 Å². The second kappa shape index (κ2) is 43.5. The van der Waals surface area contributed by atoms with Crippen LogP contribution in [0.4, 0.5) is 0 Å². The first-order chi connectivity index (χ1) is 42.1. The van der Waals surface area contributed by atoms with Crippen molar-refractivity contribution < 1.29 is 57.7 Å². The number of hydrogen-bond acceptors (Lipinski definition) is 10. The summed E-state index contributed by atoms with van der Waals surface area (Å²) in [5, 5.41) is 20.8. The second-order valence-corrected chi connectivity index (χ2v) is 24.0. The molecule has 0 saturated heterocycles. The van der Waals surface area contributed by atoms with Crippen molar-refractivity contribution in [1.29, 1.82) is 0 Å². The Labute approximate surface area is 519 Å². The van der Waals surface area contributed by atoms with Gasteiger partial charge in [0.1, 0.15) is 36.2 Å². The molecular weight excluding hydrogens is 1080 g/mol. The average Bonchev–Trinajstić information content (AvgIpc) is 2.11. The van der Waals surface area contributed by atoms with Crippen molar-refractivity contribution in [2.45, 2.75) is 233 Å². The molecule has 0 saturated carbocycles. The lowest BCUT2D eigenvalue weighted by molar-refractivity contribution is -0.140. The van der Waals surface area contributed by atoms with Gasteiger partial charge in [0.25, 0.3) is 0 Å². The summed E-state index contributed by atoms with van der Waals surface area (Å²) in [6.45, 7) is 11.1. The minimum absolute atomic E-state index is 0.286. The number of ether oxygens (including phenoxy) is 8. The van der Waals surface area contributed by atoms with E-state index < -0.39 is 25.2 Å². The van der Waals surface area contributed by atoms with E-state index in [-0.39, 0.29) is 13.2 Å². The molecule has 0 heterocycles. The maximum Gasteiger partial charge on any atom is 0.341 e. The summed E-state index contributed by atoms with van der Waals surface area (Å²) in [5.74, 6) is 0.554. The lowest BCUT2D eigenvalue weighted by Gasteiger charge is -2.25. The molecule has 0 unspecified atom stereocenters. The van der Waals surface area contributed by atoms with Crippen LogP contribution >= 0.6 is 0 Å². The van der Waals surface area contributed by atoms with Crippen LogP contribution in [0.5, 0.6) is 23.0 Å². The van der Waals surface area contributed by atoms with Crippen LogP contribution in [0.25, 0.3) is 0 Å². The van der Waals surface area contributed by atoms with E-state index in [0.29, 0.717) is 76.8 Å². The number of methoxy groups -OCH3 is 2. The Morgan fingerprint density at radius 2 is 0.535 bits per heavy atom. The molecule has 1 aliphatic rings. The van der Waals surface area contributed by atoms with E-state index in [9.17, 15) is 19.8 Å². The number of carbonyl (C=O) groups is 2. The topological polar surface area (TPSA) is 148 Å². The van der Waals surface area contributed by atoms with E-state index in [4.69, 9.17) is 37.9 Å². The number of carboxylic acid groups (broad SMARTS) is 2. The minimum atomic E-state index is -1.04. The van der Waals surface area contributed by atoms with Gasteiger partial charge in [0.15, 0.2) is 13.2 Å². The van der Waals surface area contributed by atoms with Gasteiger partial charge in [0.2, 0.25) is 0 Å². The van der Waals surface area contributed by atoms with Gasteiger partial charge in [-0.05, 0) is 118 Å². The van der Waals surface area contributed by atoms with Crippen molar-refractivity contribution in [3.63, 3.8) is 0 Å². The van der Waals surface area contributed by atoms with Gasteiger partial charge in [0.05, 0.1) is 39.6 Å². The summed E-state index contributed by atoms with van der Waals surface area (Å²) >= 11 is 0.